The van der Waals surface area contributed by atoms with E-state index in [4.69, 9.17) is 23.2 Å². The molecular weight excluding hydrogens is 399 g/mol. The minimum atomic E-state index is 0. The molecule has 25 heavy (non-hydrogen) atoms. The van der Waals surface area contributed by atoms with Crippen molar-refractivity contribution in [1.29, 1.82) is 0 Å². The van der Waals surface area contributed by atoms with Gasteiger partial charge in [-0.05, 0) is 62.2 Å². The molecule has 1 N–H and O–H groups in total. The first-order valence-corrected chi connectivity index (χ1v) is 10.1. The molecule has 0 unspecified atom stereocenters. The first-order valence-electron chi connectivity index (χ1n) is 8.52. The lowest BCUT2D eigenvalue weighted by molar-refractivity contribution is -0.00138. The third-order valence-corrected chi connectivity index (χ3v) is 8.15. The van der Waals surface area contributed by atoms with Crippen molar-refractivity contribution in [2.24, 2.45) is 5.92 Å². The van der Waals surface area contributed by atoms with E-state index in [1.165, 1.54) is 50.1 Å². The molecule has 3 aliphatic heterocycles. The Labute approximate surface area is 167 Å². The number of rotatable bonds is 2. The van der Waals surface area contributed by atoms with E-state index < -0.39 is 0 Å². The maximum atomic E-state index is 12.9. The van der Waals surface area contributed by atoms with Crippen LogP contribution in [0.15, 0.2) is 18.2 Å². The Balaban J connectivity index is 0.00000157. The normalized spacial score (nSPS) is 28.8. The summed E-state index contributed by atoms with van der Waals surface area (Å²) in [5.74, 6) is 0.669. The predicted molar refractivity (Wildman–Crippen MR) is 107 cm³/mol. The van der Waals surface area contributed by atoms with E-state index >= 15 is 0 Å². The van der Waals surface area contributed by atoms with Gasteiger partial charge in [-0.1, -0.05) is 29.3 Å². The first kappa shape index (κ1) is 17.9. The lowest BCUT2D eigenvalue weighted by Gasteiger charge is -2.52. The van der Waals surface area contributed by atoms with Crippen LogP contribution in [0.5, 0.6) is 0 Å². The Morgan fingerprint density at radius 1 is 1.24 bits per heavy atom. The topological polar surface area (TPSA) is 32.3 Å². The summed E-state index contributed by atoms with van der Waals surface area (Å²) in [7, 11) is 0. The summed E-state index contributed by atoms with van der Waals surface area (Å²) in [6, 6.07) is 5.94. The fourth-order valence-electron chi connectivity index (χ4n) is 4.69. The van der Waals surface area contributed by atoms with Crippen molar-refractivity contribution in [2.45, 2.75) is 37.3 Å². The highest BCUT2D eigenvalue weighted by Gasteiger charge is 2.60. The Morgan fingerprint density at radius 3 is 2.64 bits per heavy atom. The number of piperidine rings is 3. The molecule has 0 radical (unpaired) electrons. The van der Waals surface area contributed by atoms with Crippen molar-refractivity contribution in [1.82, 2.24) is 10.2 Å². The van der Waals surface area contributed by atoms with Crippen molar-refractivity contribution in [3.63, 3.8) is 0 Å². The van der Waals surface area contributed by atoms with Gasteiger partial charge in [0.15, 0.2) is 0 Å². The zero-order valence-corrected chi connectivity index (χ0v) is 16.7. The van der Waals surface area contributed by atoms with Crippen LogP contribution < -0.4 is 5.32 Å². The molecular formula is C18H19Cl3N2OS. The van der Waals surface area contributed by atoms with Gasteiger partial charge >= 0.3 is 0 Å². The number of nitrogens with zero attached hydrogens (tertiary/aromatic N) is 1. The third kappa shape index (κ3) is 2.69. The number of nitrogens with one attached hydrogen (secondary N) is 1. The highest BCUT2D eigenvalue weighted by molar-refractivity contribution is 7.21. The second-order valence-electron chi connectivity index (χ2n) is 7.27. The van der Waals surface area contributed by atoms with Crippen molar-refractivity contribution in [2.75, 3.05) is 13.1 Å². The molecule has 2 aromatic rings. The maximum Gasteiger partial charge on any atom is 0.261 e. The smallest absolute Gasteiger partial charge is 0.261 e. The lowest BCUT2D eigenvalue weighted by atomic mass is 9.77. The van der Waals surface area contributed by atoms with E-state index in [0.29, 0.717) is 22.0 Å². The Hall–Kier alpha value is -0.520. The quantitative estimate of drug-likeness (QED) is 0.747. The molecule has 1 aromatic carbocycles. The summed E-state index contributed by atoms with van der Waals surface area (Å²) in [6.45, 7) is 2.40. The molecule has 1 saturated carbocycles. The molecule has 3 saturated heterocycles. The average Bonchev–Trinajstić information content (AvgIpc) is 3.24. The number of thiophene rings is 1. The van der Waals surface area contributed by atoms with Crippen LogP contribution in [-0.4, -0.2) is 35.5 Å². The summed E-state index contributed by atoms with van der Waals surface area (Å²) in [5, 5.41) is 5.43. The predicted octanol–water partition coefficient (Wildman–Crippen LogP) is 4.99. The molecule has 1 amide bonds. The Morgan fingerprint density at radius 2 is 1.96 bits per heavy atom. The van der Waals surface area contributed by atoms with Crippen LogP contribution in [0.2, 0.25) is 10.0 Å². The van der Waals surface area contributed by atoms with Gasteiger partial charge in [0, 0.05) is 5.54 Å². The van der Waals surface area contributed by atoms with E-state index in [-0.39, 0.29) is 23.9 Å². The summed E-state index contributed by atoms with van der Waals surface area (Å²) in [5.41, 5.74) is 0.258. The Bertz CT molecular complexity index is 840. The minimum Gasteiger partial charge on any atom is -0.346 e. The standard InChI is InChI=1S/C18H18Cl2N2OS.ClH/c19-12-2-1-11-9-13(24-15(11)14(12)20)17(23)21-16-10-3-7-22(8-4-10)18(16)5-6-18;/h1-2,9-10,16H,3-8H2,(H,21,23);1H/t16-;/m1./s1. The van der Waals surface area contributed by atoms with Crippen LogP contribution in [0.25, 0.3) is 10.1 Å². The van der Waals surface area contributed by atoms with Crippen molar-refractivity contribution < 1.29 is 4.79 Å². The molecule has 134 valence electrons. The zero-order valence-electron chi connectivity index (χ0n) is 13.6. The van der Waals surface area contributed by atoms with Crippen molar-refractivity contribution >= 4 is 62.9 Å². The fraction of sp³-hybridized carbons (Fsp3) is 0.500. The zero-order chi connectivity index (χ0) is 16.5. The second-order valence-corrected chi connectivity index (χ2v) is 9.11. The van der Waals surface area contributed by atoms with Crippen LogP contribution in [0, 0.1) is 5.92 Å². The number of carbonyl (C=O) groups is 1. The highest BCUT2D eigenvalue weighted by atomic mass is 35.5. The summed E-state index contributed by atoms with van der Waals surface area (Å²) in [6.07, 6.45) is 4.87. The van der Waals surface area contributed by atoms with Gasteiger partial charge in [0.05, 0.1) is 25.7 Å². The number of halogens is 3. The van der Waals surface area contributed by atoms with E-state index in [9.17, 15) is 4.79 Å². The van der Waals surface area contributed by atoms with E-state index in [0.717, 1.165) is 15.0 Å². The van der Waals surface area contributed by atoms with Crippen LogP contribution >= 0.6 is 46.9 Å². The van der Waals surface area contributed by atoms with Crippen LogP contribution in [0.3, 0.4) is 0 Å². The number of benzene rings is 1. The second kappa shape index (κ2) is 6.28. The van der Waals surface area contributed by atoms with Gasteiger partial charge in [0.25, 0.3) is 5.91 Å². The van der Waals surface area contributed by atoms with Gasteiger partial charge in [0.1, 0.15) is 0 Å². The fourth-order valence-corrected chi connectivity index (χ4v) is 6.19. The Kier molecular flexibility index (Phi) is 4.49. The molecule has 2 bridgehead atoms. The molecule has 4 heterocycles. The highest BCUT2D eigenvalue weighted by Crippen LogP contribution is 2.53. The van der Waals surface area contributed by atoms with E-state index in [1.807, 2.05) is 12.1 Å². The minimum absolute atomic E-state index is 0. The molecule has 4 fully saturated rings. The summed E-state index contributed by atoms with van der Waals surface area (Å²) in [4.78, 5) is 16.2. The molecule has 1 aliphatic carbocycles. The lowest BCUT2D eigenvalue weighted by Crippen LogP contribution is -2.65. The molecule has 7 heteroatoms. The summed E-state index contributed by atoms with van der Waals surface area (Å²) >= 11 is 13.8. The first-order chi connectivity index (χ1) is 11.6. The number of fused-ring (bicyclic) bond motifs is 3. The molecule has 3 nitrogen and oxygen atoms in total. The SMILES string of the molecule is Cl.O=C(N[C@@H]1C2CCN(CC2)C12CC2)c1cc2ccc(Cl)c(Cl)c2s1. The van der Waals surface area contributed by atoms with Gasteiger partial charge in [-0.15, -0.1) is 23.7 Å². The number of hydrogen-bond donors (Lipinski definition) is 1. The molecule has 4 aliphatic rings. The van der Waals surface area contributed by atoms with Gasteiger partial charge in [-0.2, -0.15) is 0 Å². The third-order valence-electron chi connectivity index (χ3n) is 6.07. The average molecular weight is 418 g/mol. The van der Waals surface area contributed by atoms with Crippen LogP contribution in [0.1, 0.15) is 35.4 Å². The monoisotopic (exact) mass is 416 g/mol. The molecule has 1 aromatic heterocycles. The number of hydrogen-bond acceptors (Lipinski definition) is 3. The molecule has 1 spiro atoms. The molecule has 6 rings (SSSR count). The largest absolute Gasteiger partial charge is 0.346 e. The van der Waals surface area contributed by atoms with Crippen LogP contribution in [0.4, 0.5) is 0 Å². The van der Waals surface area contributed by atoms with Crippen molar-refractivity contribution in [3.8, 4) is 0 Å². The van der Waals surface area contributed by atoms with E-state index in [1.54, 1.807) is 6.07 Å². The number of amides is 1. The van der Waals surface area contributed by atoms with Gasteiger partial charge in [-0.25, -0.2) is 0 Å². The molecule has 1 atom stereocenters. The number of carbonyl (C=O) groups excluding carboxylic acids is 1. The summed E-state index contributed by atoms with van der Waals surface area (Å²) < 4.78 is 0.893. The van der Waals surface area contributed by atoms with E-state index in [2.05, 4.69) is 10.2 Å². The van der Waals surface area contributed by atoms with Gasteiger partial charge in [0.2, 0.25) is 0 Å². The van der Waals surface area contributed by atoms with Crippen molar-refractivity contribution in [3.05, 3.63) is 33.1 Å². The van der Waals surface area contributed by atoms with Crippen LogP contribution in [-0.2, 0) is 0 Å². The van der Waals surface area contributed by atoms with Gasteiger partial charge in [-0.3, -0.25) is 9.69 Å². The van der Waals surface area contributed by atoms with Gasteiger partial charge < -0.3 is 5.32 Å². The maximum absolute atomic E-state index is 12.9.